The van der Waals surface area contributed by atoms with Gasteiger partial charge in [0.15, 0.2) is 0 Å². The second-order valence-corrected chi connectivity index (χ2v) is 7.38. The predicted octanol–water partition coefficient (Wildman–Crippen LogP) is 2.41. The Hall–Kier alpha value is -2.18. The van der Waals surface area contributed by atoms with E-state index in [0.717, 1.165) is 32.5 Å². The number of ether oxygens (including phenoxy) is 1. The average molecular weight is 368 g/mol. The van der Waals surface area contributed by atoms with Gasteiger partial charge in [-0.15, -0.1) is 0 Å². The number of carbonyl (C=O) groups excluding carboxylic acids is 1. The van der Waals surface area contributed by atoms with Gasteiger partial charge in [0.25, 0.3) is 5.91 Å². The zero-order chi connectivity index (χ0) is 18.9. The van der Waals surface area contributed by atoms with Gasteiger partial charge in [0, 0.05) is 24.8 Å². The molecule has 2 atom stereocenters. The van der Waals surface area contributed by atoms with Gasteiger partial charge in [0.2, 0.25) is 0 Å². The SMILES string of the molecule is CCO[C@H]1[C@H](NC(=O)c2ccn(CC)n2)c2ccccc2C12CCNCC2. The molecule has 1 aliphatic heterocycles. The van der Waals surface area contributed by atoms with Crippen LogP contribution in [0.3, 0.4) is 0 Å². The van der Waals surface area contributed by atoms with Crippen LogP contribution >= 0.6 is 0 Å². The van der Waals surface area contributed by atoms with Gasteiger partial charge < -0.3 is 15.4 Å². The van der Waals surface area contributed by atoms with E-state index in [-0.39, 0.29) is 23.5 Å². The Morgan fingerprint density at radius 1 is 1.30 bits per heavy atom. The standard InChI is InChI=1S/C21H28N4O2/c1-3-25-14-9-17(24-25)20(26)23-18-15-7-5-6-8-16(15)21(19(18)27-4-2)10-12-22-13-11-21/h5-9,14,18-19,22H,3-4,10-13H2,1-2H3,(H,23,26)/t18-,19+/m1/s1. The molecule has 2 aromatic rings. The van der Waals surface area contributed by atoms with Crippen molar-refractivity contribution in [1.29, 1.82) is 0 Å². The fourth-order valence-electron chi connectivity index (χ4n) is 4.75. The predicted molar refractivity (Wildman–Crippen MR) is 104 cm³/mol. The van der Waals surface area contributed by atoms with Crippen molar-refractivity contribution in [3.8, 4) is 0 Å². The van der Waals surface area contributed by atoms with Crippen LogP contribution in [0.1, 0.15) is 54.3 Å². The highest BCUT2D eigenvalue weighted by atomic mass is 16.5. The van der Waals surface area contributed by atoms with Gasteiger partial charge >= 0.3 is 0 Å². The van der Waals surface area contributed by atoms with Gasteiger partial charge in [-0.2, -0.15) is 5.10 Å². The van der Waals surface area contributed by atoms with Crippen molar-refractivity contribution >= 4 is 5.91 Å². The number of hydrogen-bond acceptors (Lipinski definition) is 4. The second kappa shape index (κ2) is 7.44. The highest BCUT2D eigenvalue weighted by molar-refractivity contribution is 5.92. The zero-order valence-electron chi connectivity index (χ0n) is 16.1. The minimum Gasteiger partial charge on any atom is -0.375 e. The molecule has 0 saturated carbocycles. The van der Waals surface area contributed by atoms with E-state index in [1.807, 2.05) is 26.1 Å². The lowest BCUT2D eigenvalue weighted by molar-refractivity contribution is -0.0208. The summed E-state index contributed by atoms with van der Waals surface area (Å²) in [5.74, 6) is -0.141. The Morgan fingerprint density at radius 3 is 2.78 bits per heavy atom. The van der Waals surface area contributed by atoms with E-state index >= 15 is 0 Å². The molecule has 27 heavy (non-hydrogen) atoms. The number of fused-ring (bicyclic) bond motifs is 2. The third-order valence-corrected chi connectivity index (χ3v) is 6.01. The lowest BCUT2D eigenvalue weighted by atomic mass is 9.72. The van der Waals surface area contributed by atoms with E-state index in [9.17, 15) is 4.79 Å². The summed E-state index contributed by atoms with van der Waals surface area (Å²) in [7, 11) is 0. The van der Waals surface area contributed by atoms with Gasteiger partial charge in [-0.25, -0.2) is 0 Å². The fraction of sp³-hybridized carbons (Fsp3) is 0.524. The number of aromatic nitrogens is 2. The number of rotatable bonds is 5. The van der Waals surface area contributed by atoms with Crippen LogP contribution in [0.15, 0.2) is 36.5 Å². The molecule has 2 N–H and O–H groups in total. The van der Waals surface area contributed by atoms with Gasteiger partial charge in [-0.1, -0.05) is 24.3 Å². The molecule has 1 aliphatic carbocycles. The summed E-state index contributed by atoms with van der Waals surface area (Å²) in [5, 5.41) is 11.1. The molecule has 2 aliphatic rings. The van der Waals surface area contributed by atoms with Gasteiger partial charge in [0.05, 0.1) is 12.1 Å². The number of nitrogens with zero attached hydrogens (tertiary/aromatic N) is 2. The summed E-state index contributed by atoms with van der Waals surface area (Å²) < 4.78 is 8.06. The zero-order valence-corrected chi connectivity index (χ0v) is 16.1. The maximum Gasteiger partial charge on any atom is 0.272 e. The molecule has 1 fully saturated rings. The number of amides is 1. The molecule has 2 heterocycles. The van der Waals surface area contributed by atoms with E-state index in [0.29, 0.717) is 12.3 Å². The smallest absolute Gasteiger partial charge is 0.272 e. The van der Waals surface area contributed by atoms with E-state index in [4.69, 9.17) is 4.74 Å². The number of hydrogen-bond donors (Lipinski definition) is 2. The quantitative estimate of drug-likeness (QED) is 0.850. The Morgan fingerprint density at radius 2 is 2.07 bits per heavy atom. The Labute approximate surface area is 160 Å². The molecule has 1 aromatic heterocycles. The first kappa shape index (κ1) is 18.2. The van der Waals surface area contributed by atoms with Gasteiger partial charge in [-0.3, -0.25) is 9.48 Å². The maximum absolute atomic E-state index is 12.9. The monoisotopic (exact) mass is 368 g/mol. The minimum absolute atomic E-state index is 0.0431. The van der Waals surface area contributed by atoms with Crippen LogP contribution in [-0.4, -0.2) is 41.5 Å². The Bertz CT molecular complexity index is 810. The molecule has 0 unspecified atom stereocenters. The number of nitrogens with one attached hydrogen (secondary N) is 2. The van der Waals surface area contributed by atoms with Crippen molar-refractivity contribution in [1.82, 2.24) is 20.4 Å². The number of aryl methyl sites for hydroxylation is 1. The lowest BCUT2D eigenvalue weighted by Gasteiger charge is -2.41. The molecule has 6 nitrogen and oxygen atoms in total. The lowest BCUT2D eigenvalue weighted by Crippen LogP contribution is -2.49. The highest BCUT2D eigenvalue weighted by Crippen LogP contribution is 2.51. The third kappa shape index (κ3) is 3.07. The fourth-order valence-corrected chi connectivity index (χ4v) is 4.75. The summed E-state index contributed by atoms with van der Waals surface area (Å²) in [5.41, 5.74) is 2.92. The van der Waals surface area contributed by atoms with Crippen LogP contribution in [0.4, 0.5) is 0 Å². The first-order valence-electron chi connectivity index (χ1n) is 9.95. The summed E-state index contributed by atoms with van der Waals surface area (Å²) in [6, 6.07) is 10.1. The Kier molecular flexibility index (Phi) is 5.02. The second-order valence-electron chi connectivity index (χ2n) is 7.38. The molecule has 4 rings (SSSR count). The molecule has 0 radical (unpaired) electrons. The van der Waals surface area contributed by atoms with E-state index in [1.165, 1.54) is 11.1 Å². The van der Waals surface area contributed by atoms with Crippen molar-refractivity contribution in [2.45, 2.75) is 50.8 Å². The number of carbonyl (C=O) groups is 1. The molecular formula is C21H28N4O2. The van der Waals surface area contributed by atoms with E-state index in [1.54, 1.807) is 10.7 Å². The summed E-state index contributed by atoms with van der Waals surface area (Å²) in [6.45, 7) is 7.36. The van der Waals surface area contributed by atoms with Crippen LogP contribution in [-0.2, 0) is 16.7 Å². The van der Waals surface area contributed by atoms with Crippen LogP contribution in [0.5, 0.6) is 0 Å². The van der Waals surface area contributed by atoms with Gasteiger partial charge in [0.1, 0.15) is 5.69 Å². The van der Waals surface area contributed by atoms with E-state index in [2.05, 4.69) is 33.9 Å². The van der Waals surface area contributed by atoms with Gasteiger partial charge in [-0.05, 0) is 57.0 Å². The molecule has 0 bridgehead atoms. The van der Waals surface area contributed by atoms with Crippen LogP contribution < -0.4 is 10.6 Å². The molecule has 1 saturated heterocycles. The van der Waals surface area contributed by atoms with Crippen molar-refractivity contribution in [2.24, 2.45) is 0 Å². The third-order valence-electron chi connectivity index (χ3n) is 6.01. The number of piperidine rings is 1. The normalized spacial score (nSPS) is 23.3. The summed E-state index contributed by atoms with van der Waals surface area (Å²) in [4.78, 5) is 12.9. The van der Waals surface area contributed by atoms with Crippen molar-refractivity contribution in [3.63, 3.8) is 0 Å². The molecule has 1 amide bonds. The minimum atomic E-state index is -0.154. The van der Waals surface area contributed by atoms with E-state index < -0.39 is 0 Å². The molecule has 6 heteroatoms. The van der Waals surface area contributed by atoms with Crippen LogP contribution in [0.25, 0.3) is 0 Å². The average Bonchev–Trinajstić information content (AvgIpc) is 3.28. The van der Waals surface area contributed by atoms with Crippen molar-refractivity contribution in [2.75, 3.05) is 19.7 Å². The summed E-state index contributed by atoms with van der Waals surface area (Å²) in [6.07, 6.45) is 3.82. The van der Waals surface area contributed by atoms with Crippen molar-refractivity contribution < 1.29 is 9.53 Å². The largest absolute Gasteiger partial charge is 0.375 e. The van der Waals surface area contributed by atoms with Crippen LogP contribution in [0.2, 0.25) is 0 Å². The maximum atomic E-state index is 12.9. The molecule has 1 aromatic carbocycles. The van der Waals surface area contributed by atoms with Crippen LogP contribution in [0, 0.1) is 0 Å². The van der Waals surface area contributed by atoms with Crippen molar-refractivity contribution in [3.05, 3.63) is 53.3 Å². The molecule has 1 spiro atoms. The topological polar surface area (TPSA) is 68.2 Å². The molecular weight excluding hydrogens is 340 g/mol. The first-order valence-corrected chi connectivity index (χ1v) is 9.95. The highest BCUT2D eigenvalue weighted by Gasteiger charge is 2.53. The molecule has 144 valence electrons. The summed E-state index contributed by atoms with van der Waals surface area (Å²) >= 11 is 0. The Balaban J connectivity index is 1.68. The number of benzene rings is 1. The first-order chi connectivity index (χ1) is 13.2.